The highest BCUT2D eigenvalue weighted by molar-refractivity contribution is 5.66. The lowest BCUT2D eigenvalue weighted by atomic mass is 9.96. The lowest BCUT2D eigenvalue weighted by Gasteiger charge is -2.11. The number of carboxylic acids is 1. The van der Waals surface area contributed by atoms with Gasteiger partial charge in [-0.15, -0.1) is 0 Å². The van der Waals surface area contributed by atoms with Crippen molar-refractivity contribution in [1.82, 2.24) is 0 Å². The van der Waals surface area contributed by atoms with Crippen LogP contribution in [0.5, 0.6) is 0 Å². The van der Waals surface area contributed by atoms with Gasteiger partial charge in [-0.3, -0.25) is 4.79 Å². The fourth-order valence-corrected chi connectivity index (χ4v) is 2.64. The number of carbonyl (C=O) groups is 1. The molecule has 0 heterocycles. The second-order valence-corrected chi connectivity index (χ2v) is 6.02. The molecular formula is C20H30O3. The highest BCUT2D eigenvalue weighted by Crippen LogP contribution is 2.28. The molecule has 3 nitrogen and oxygen atoms in total. The largest absolute Gasteiger partial charge is 0.481 e. The van der Waals surface area contributed by atoms with Crippen molar-refractivity contribution in [3.63, 3.8) is 0 Å². The van der Waals surface area contributed by atoms with Gasteiger partial charge in [-0.05, 0) is 37.7 Å². The predicted molar refractivity (Wildman–Crippen MR) is 95.2 cm³/mol. The summed E-state index contributed by atoms with van der Waals surface area (Å²) in [6, 6.07) is 0. The van der Waals surface area contributed by atoms with Crippen molar-refractivity contribution in [1.29, 1.82) is 0 Å². The van der Waals surface area contributed by atoms with E-state index in [1.807, 2.05) is 18.2 Å². The summed E-state index contributed by atoms with van der Waals surface area (Å²) < 4.78 is 0. The minimum atomic E-state index is -0.740. The van der Waals surface area contributed by atoms with Crippen LogP contribution in [0.2, 0.25) is 0 Å². The van der Waals surface area contributed by atoms with E-state index in [1.54, 1.807) is 0 Å². The number of hydrogen-bond donors (Lipinski definition) is 2. The van der Waals surface area contributed by atoms with E-state index in [2.05, 4.69) is 31.2 Å². The monoisotopic (exact) mass is 318 g/mol. The van der Waals surface area contributed by atoms with Crippen molar-refractivity contribution in [3.05, 3.63) is 48.1 Å². The number of allylic oxidation sites excluding steroid dienone is 6. The van der Waals surface area contributed by atoms with E-state index in [1.165, 1.54) is 19.3 Å². The summed E-state index contributed by atoms with van der Waals surface area (Å²) >= 11 is 0. The maximum absolute atomic E-state index is 10.4. The molecule has 0 radical (unpaired) electrons. The first-order chi connectivity index (χ1) is 11.1. The Morgan fingerprint density at radius 2 is 1.91 bits per heavy atom. The second kappa shape index (κ2) is 11.9. The second-order valence-electron chi connectivity index (χ2n) is 6.02. The van der Waals surface area contributed by atoms with E-state index in [0.29, 0.717) is 6.42 Å². The summed E-state index contributed by atoms with van der Waals surface area (Å²) in [4.78, 5) is 10.4. The molecule has 3 heteroatoms. The molecule has 1 rings (SSSR count). The van der Waals surface area contributed by atoms with E-state index >= 15 is 0 Å². The third kappa shape index (κ3) is 8.56. The quantitative estimate of drug-likeness (QED) is 0.425. The predicted octanol–water partition coefficient (Wildman–Crippen LogP) is 4.80. The molecule has 0 saturated heterocycles. The van der Waals surface area contributed by atoms with Crippen LogP contribution in [0, 0.1) is 5.92 Å². The van der Waals surface area contributed by atoms with Crippen molar-refractivity contribution in [2.75, 3.05) is 0 Å². The molecule has 0 aromatic rings. The van der Waals surface area contributed by atoms with Crippen LogP contribution in [0.4, 0.5) is 0 Å². The van der Waals surface area contributed by atoms with Gasteiger partial charge in [0.25, 0.3) is 0 Å². The standard InChI is InChI=1S/C20H30O3/c1-2-3-4-5-6-10-13-18-17(15-16-19(18)21)12-9-7-8-11-14-20(22)23/h6-7,9-10,13,15-17,19,21H,2-5,8,11-12,14H2,1H3,(H,22,23)/b9-7-,10-6-,18-13+/t17-,19?/m0/s1. The Bertz CT molecular complexity index is 458. The first-order valence-electron chi connectivity index (χ1n) is 8.75. The average Bonchev–Trinajstić information content (AvgIpc) is 2.86. The number of hydrogen-bond acceptors (Lipinski definition) is 2. The summed E-state index contributed by atoms with van der Waals surface area (Å²) in [7, 11) is 0. The number of aliphatic hydroxyl groups excluding tert-OH is 1. The average molecular weight is 318 g/mol. The van der Waals surface area contributed by atoms with E-state index in [9.17, 15) is 9.90 Å². The highest BCUT2D eigenvalue weighted by atomic mass is 16.4. The fourth-order valence-electron chi connectivity index (χ4n) is 2.64. The third-order valence-electron chi connectivity index (χ3n) is 4.01. The van der Waals surface area contributed by atoms with Gasteiger partial charge in [-0.2, -0.15) is 0 Å². The molecule has 0 bridgehead atoms. The van der Waals surface area contributed by atoms with Crippen LogP contribution in [0.15, 0.2) is 48.1 Å². The molecular weight excluding hydrogens is 288 g/mol. The Hall–Kier alpha value is -1.61. The van der Waals surface area contributed by atoms with Gasteiger partial charge in [0.1, 0.15) is 0 Å². The molecule has 0 fully saturated rings. The molecule has 0 amide bonds. The molecule has 23 heavy (non-hydrogen) atoms. The zero-order valence-electron chi connectivity index (χ0n) is 14.2. The zero-order chi connectivity index (χ0) is 16.9. The number of rotatable bonds is 11. The topological polar surface area (TPSA) is 57.5 Å². The summed E-state index contributed by atoms with van der Waals surface area (Å²) in [6.07, 6.45) is 21.2. The molecule has 2 atom stereocenters. The summed E-state index contributed by atoms with van der Waals surface area (Å²) in [5, 5.41) is 18.6. The first kappa shape index (κ1) is 19.4. The molecule has 0 aromatic heterocycles. The number of carboxylic acid groups (broad SMARTS) is 1. The normalized spacial score (nSPS) is 22.8. The van der Waals surface area contributed by atoms with Gasteiger partial charge in [0.15, 0.2) is 0 Å². The van der Waals surface area contributed by atoms with Crippen molar-refractivity contribution < 1.29 is 15.0 Å². The molecule has 0 spiro atoms. The van der Waals surface area contributed by atoms with Gasteiger partial charge in [0.2, 0.25) is 0 Å². The first-order valence-corrected chi connectivity index (χ1v) is 8.75. The van der Waals surface area contributed by atoms with Gasteiger partial charge in [-0.25, -0.2) is 0 Å². The summed E-state index contributed by atoms with van der Waals surface area (Å²) in [6.45, 7) is 2.20. The Balaban J connectivity index is 2.36. The molecule has 1 aliphatic carbocycles. The number of aliphatic hydroxyl groups is 1. The molecule has 0 saturated carbocycles. The lowest BCUT2D eigenvalue weighted by molar-refractivity contribution is -0.137. The van der Waals surface area contributed by atoms with E-state index < -0.39 is 12.1 Å². The van der Waals surface area contributed by atoms with E-state index in [4.69, 9.17) is 5.11 Å². The maximum atomic E-state index is 10.4. The van der Waals surface area contributed by atoms with Crippen LogP contribution in [0.3, 0.4) is 0 Å². The van der Waals surface area contributed by atoms with Crippen LogP contribution in [0.25, 0.3) is 0 Å². The van der Waals surface area contributed by atoms with Crippen LogP contribution < -0.4 is 0 Å². The number of unbranched alkanes of at least 4 members (excludes halogenated alkanes) is 4. The molecule has 0 aromatic carbocycles. The van der Waals surface area contributed by atoms with Crippen LogP contribution >= 0.6 is 0 Å². The fraction of sp³-hybridized carbons (Fsp3) is 0.550. The van der Waals surface area contributed by atoms with Crippen molar-refractivity contribution in [2.24, 2.45) is 5.92 Å². The zero-order valence-corrected chi connectivity index (χ0v) is 14.2. The SMILES string of the molecule is CCCCC/C=C\C=C1\C(O)C=C[C@@H]1C/C=C\CCCC(=O)O. The minimum Gasteiger partial charge on any atom is -0.481 e. The van der Waals surface area contributed by atoms with Crippen LogP contribution in [0.1, 0.15) is 58.3 Å². The van der Waals surface area contributed by atoms with E-state index in [-0.39, 0.29) is 12.3 Å². The van der Waals surface area contributed by atoms with Gasteiger partial charge >= 0.3 is 5.97 Å². The Labute approximate surface area is 140 Å². The smallest absolute Gasteiger partial charge is 0.303 e. The van der Waals surface area contributed by atoms with Crippen LogP contribution in [-0.4, -0.2) is 22.3 Å². The maximum Gasteiger partial charge on any atom is 0.303 e. The van der Waals surface area contributed by atoms with Gasteiger partial charge < -0.3 is 10.2 Å². The Morgan fingerprint density at radius 1 is 1.13 bits per heavy atom. The summed E-state index contributed by atoms with van der Waals surface area (Å²) in [5.74, 6) is -0.489. The van der Waals surface area contributed by atoms with Crippen molar-refractivity contribution in [2.45, 2.75) is 64.4 Å². The molecule has 1 aliphatic rings. The Morgan fingerprint density at radius 3 is 2.65 bits per heavy atom. The third-order valence-corrected chi connectivity index (χ3v) is 4.01. The van der Waals surface area contributed by atoms with Gasteiger partial charge in [0, 0.05) is 12.3 Å². The van der Waals surface area contributed by atoms with Crippen molar-refractivity contribution in [3.8, 4) is 0 Å². The van der Waals surface area contributed by atoms with Crippen LogP contribution in [-0.2, 0) is 4.79 Å². The Kier molecular flexibility index (Phi) is 10.0. The summed E-state index contributed by atoms with van der Waals surface area (Å²) in [5.41, 5.74) is 1.05. The lowest BCUT2D eigenvalue weighted by Crippen LogP contribution is -2.07. The van der Waals surface area contributed by atoms with Crippen molar-refractivity contribution >= 4 is 5.97 Å². The molecule has 2 N–H and O–H groups in total. The van der Waals surface area contributed by atoms with E-state index in [0.717, 1.165) is 24.8 Å². The van der Waals surface area contributed by atoms with Gasteiger partial charge in [0.05, 0.1) is 6.10 Å². The molecule has 128 valence electrons. The molecule has 1 unspecified atom stereocenters. The number of aliphatic carboxylic acids is 1. The minimum absolute atomic E-state index is 0.223. The molecule has 0 aliphatic heterocycles. The van der Waals surface area contributed by atoms with Gasteiger partial charge in [-0.1, -0.05) is 62.3 Å². The highest BCUT2D eigenvalue weighted by Gasteiger charge is 2.21.